The predicted molar refractivity (Wildman–Crippen MR) is 66.0 cm³/mol. The van der Waals surface area contributed by atoms with Crippen molar-refractivity contribution in [3.8, 4) is 0 Å². The zero-order valence-corrected chi connectivity index (χ0v) is 11.0. The number of piperazine rings is 1. The molecule has 0 bridgehead atoms. The number of rotatable bonds is 1. The van der Waals surface area contributed by atoms with E-state index in [9.17, 15) is 4.39 Å². The maximum absolute atomic E-state index is 13.9. The van der Waals surface area contributed by atoms with Crippen LogP contribution in [-0.2, 0) is 0 Å². The van der Waals surface area contributed by atoms with Gasteiger partial charge in [-0.1, -0.05) is 11.6 Å². The number of aromatic nitrogens is 2. The number of hydrogen-bond donors (Lipinski definition) is 0. The van der Waals surface area contributed by atoms with Gasteiger partial charge in [-0.2, -0.15) is 4.39 Å². The molecule has 2 rings (SSSR count). The molecule has 1 atom stereocenters. The van der Waals surface area contributed by atoms with Crippen LogP contribution in [-0.4, -0.2) is 47.6 Å². The molecule has 0 spiro atoms. The molecule has 1 aliphatic rings. The maximum atomic E-state index is 13.9. The lowest BCUT2D eigenvalue weighted by Gasteiger charge is -2.39. The molecule has 2 heterocycles. The SMILES string of the molecule is Cc1nc(Cl)c(F)c(N2CCN(C)C[C@@H]2C)n1. The third kappa shape index (κ3) is 2.50. The summed E-state index contributed by atoms with van der Waals surface area (Å²) in [5, 5.41) is -0.0985. The van der Waals surface area contributed by atoms with Gasteiger partial charge < -0.3 is 9.80 Å². The molecule has 0 unspecified atom stereocenters. The van der Waals surface area contributed by atoms with Gasteiger partial charge in [0.1, 0.15) is 5.82 Å². The highest BCUT2D eigenvalue weighted by atomic mass is 35.5. The fraction of sp³-hybridized carbons (Fsp3) is 0.636. The Morgan fingerprint density at radius 1 is 1.35 bits per heavy atom. The van der Waals surface area contributed by atoms with Gasteiger partial charge in [0.2, 0.25) is 5.82 Å². The topological polar surface area (TPSA) is 32.3 Å². The van der Waals surface area contributed by atoms with Crippen molar-refractivity contribution in [3.05, 3.63) is 16.8 Å². The molecule has 0 aromatic carbocycles. The van der Waals surface area contributed by atoms with E-state index in [1.54, 1.807) is 6.92 Å². The first-order valence-corrected chi connectivity index (χ1v) is 6.01. The van der Waals surface area contributed by atoms with Crippen molar-refractivity contribution < 1.29 is 4.39 Å². The standard InChI is InChI=1S/C11H16ClFN4/c1-7-6-16(3)4-5-17(7)11-9(13)10(12)14-8(2)15-11/h7H,4-6H2,1-3H3/t7-/m0/s1. The zero-order chi connectivity index (χ0) is 12.6. The summed E-state index contributed by atoms with van der Waals surface area (Å²) < 4.78 is 13.9. The number of nitrogens with zero attached hydrogens (tertiary/aromatic N) is 4. The number of hydrogen-bond acceptors (Lipinski definition) is 4. The fourth-order valence-electron chi connectivity index (χ4n) is 2.16. The quantitative estimate of drug-likeness (QED) is 0.718. The second kappa shape index (κ2) is 4.74. The van der Waals surface area contributed by atoms with E-state index < -0.39 is 5.82 Å². The third-order valence-corrected chi connectivity index (χ3v) is 3.26. The predicted octanol–water partition coefficient (Wildman–Crippen LogP) is 1.72. The Labute approximate surface area is 105 Å². The van der Waals surface area contributed by atoms with Crippen LogP contribution in [0.25, 0.3) is 0 Å². The lowest BCUT2D eigenvalue weighted by Crippen LogP contribution is -2.51. The molecule has 1 aromatic rings. The Morgan fingerprint density at radius 3 is 2.71 bits per heavy atom. The fourth-order valence-corrected chi connectivity index (χ4v) is 2.36. The molecule has 94 valence electrons. The van der Waals surface area contributed by atoms with E-state index >= 15 is 0 Å². The molecule has 1 aliphatic heterocycles. The van der Waals surface area contributed by atoms with E-state index in [2.05, 4.69) is 28.8 Å². The van der Waals surface area contributed by atoms with Crippen LogP contribution in [0, 0.1) is 12.7 Å². The van der Waals surface area contributed by atoms with Crippen LogP contribution in [0.2, 0.25) is 5.15 Å². The number of anilines is 1. The van der Waals surface area contributed by atoms with Crippen LogP contribution in [0.4, 0.5) is 10.2 Å². The normalized spacial score (nSPS) is 21.9. The first kappa shape index (κ1) is 12.5. The van der Waals surface area contributed by atoms with Crippen molar-refractivity contribution >= 4 is 17.4 Å². The molecule has 1 fully saturated rings. The maximum Gasteiger partial charge on any atom is 0.202 e. The molecule has 0 N–H and O–H groups in total. The van der Waals surface area contributed by atoms with Crippen LogP contribution in [0.1, 0.15) is 12.7 Å². The lowest BCUT2D eigenvalue weighted by atomic mass is 10.2. The van der Waals surface area contributed by atoms with Gasteiger partial charge in [-0.25, -0.2) is 9.97 Å². The molecular formula is C11H16ClFN4. The van der Waals surface area contributed by atoms with E-state index in [0.717, 1.165) is 19.6 Å². The minimum atomic E-state index is -0.520. The van der Waals surface area contributed by atoms with Crippen molar-refractivity contribution in [2.75, 3.05) is 31.6 Å². The highest BCUT2D eigenvalue weighted by Gasteiger charge is 2.26. The summed E-state index contributed by atoms with van der Waals surface area (Å²) >= 11 is 5.75. The molecule has 1 saturated heterocycles. The Morgan fingerprint density at radius 2 is 2.06 bits per heavy atom. The molecule has 0 radical (unpaired) electrons. The molecule has 0 aliphatic carbocycles. The van der Waals surface area contributed by atoms with Crippen LogP contribution in [0.5, 0.6) is 0 Å². The third-order valence-electron chi connectivity index (χ3n) is 3.01. The van der Waals surface area contributed by atoms with E-state index in [0.29, 0.717) is 11.6 Å². The van der Waals surface area contributed by atoms with E-state index in [1.807, 2.05) is 4.90 Å². The molecular weight excluding hydrogens is 243 g/mol. The molecule has 17 heavy (non-hydrogen) atoms. The number of likely N-dealkylation sites (N-methyl/N-ethyl adjacent to an activating group) is 1. The van der Waals surface area contributed by atoms with Crippen LogP contribution >= 0.6 is 11.6 Å². The van der Waals surface area contributed by atoms with Crippen molar-refractivity contribution in [1.82, 2.24) is 14.9 Å². The van der Waals surface area contributed by atoms with Gasteiger partial charge >= 0.3 is 0 Å². The summed E-state index contributed by atoms with van der Waals surface area (Å²) in [6, 6.07) is 0.216. The van der Waals surface area contributed by atoms with Crippen molar-refractivity contribution in [1.29, 1.82) is 0 Å². The minimum Gasteiger partial charge on any atom is -0.349 e. The average Bonchev–Trinajstić information content (AvgIpc) is 2.24. The Bertz CT molecular complexity index is 426. The van der Waals surface area contributed by atoms with Crippen molar-refractivity contribution in [2.45, 2.75) is 19.9 Å². The van der Waals surface area contributed by atoms with Crippen LogP contribution in [0.15, 0.2) is 0 Å². The van der Waals surface area contributed by atoms with E-state index in [-0.39, 0.29) is 11.2 Å². The first-order valence-electron chi connectivity index (χ1n) is 5.64. The summed E-state index contributed by atoms with van der Waals surface area (Å²) in [6.45, 7) is 6.31. The zero-order valence-electron chi connectivity index (χ0n) is 10.2. The Balaban J connectivity index is 2.33. The van der Waals surface area contributed by atoms with E-state index in [4.69, 9.17) is 11.6 Å². The molecule has 0 amide bonds. The van der Waals surface area contributed by atoms with Crippen molar-refractivity contribution in [3.63, 3.8) is 0 Å². The Hall–Kier alpha value is -0.940. The minimum absolute atomic E-state index is 0.0985. The average molecular weight is 259 g/mol. The van der Waals surface area contributed by atoms with E-state index in [1.165, 1.54) is 0 Å². The Kier molecular flexibility index (Phi) is 3.49. The second-order valence-electron chi connectivity index (χ2n) is 4.50. The summed E-state index contributed by atoms with van der Waals surface area (Å²) in [5.74, 6) is 0.300. The first-order chi connectivity index (χ1) is 7.99. The van der Waals surface area contributed by atoms with Gasteiger partial charge in [-0.15, -0.1) is 0 Å². The summed E-state index contributed by atoms with van der Waals surface area (Å²) in [7, 11) is 2.06. The molecule has 1 aromatic heterocycles. The van der Waals surface area contributed by atoms with Gasteiger partial charge in [0.05, 0.1) is 0 Å². The second-order valence-corrected chi connectivity index (χ2v) is 4.86. The van der Waals surface area contributed by atoms with Gasteiger partial charge in [-0.05, 0) is 20.9 Å². The van der Waals surface area contributed by atoms with Crippen LogP contribution < -0.4 is 4.90 Å². The summed E-state index contributed by atoms with van der Waals surface area (Å²) in [6.07, 6.45) is 0. The summed E-state index contributed by atoms with van der Waals surface area (Å²) in [5.41, 5.74) is 0. The highest BCUT2D eigenvalue weighted by molar-refractivity contribution is 6.29. The van der Waals surface area contributed by atoms with Gasteiger partial charge in [0.15, 0.2) is 11.0 Å². The van der Waals surface area contributed by atoms with Gasteiger partial charge in [-0.3, -0.25) is 0 Å². The van der Waals surface area contributed by atoms with Gasteiger partial charge in [0, 0.05) is 25.7 Å². The molecule has 0 saturated carbocycles. The highest BCUT2D eigenvalue weighted by Crippen LogP contribution is 2.25. The smallest absolute Gasteiger partial charge is 0.202 e. The van der Waals surface area contributed by atoms with Crippen LogP contribution in [0.3, 0.4) is 0 Å². The number of aryl methyl sites for hydroxylation is 1. The largest absolute Gasteiger partial charge is 0.349 e. The molecule has 4 nitrogen and oxygen atoms in total. The van der Waals surface area contributed by atoms with Crippen molar-refractivity contribution in [2.24, 2.45) is 0 Å². The molecule has 6 heteroatoms. The monoisotopic (exact) mass is 258 g/mol. The lowest BCUT2D eigenvalue weighted by molar-refractivity contribution is 0.273. The number of halogens is 2. The van der Waals surface area contributed by atoms with Gasteiger partial charge in [0.25, 0.3) is 0 Å². The summed E-state index contributed by atoms with van der Waals surface area (Å²) in [4.78, 5) is 12.2.